The maximum Gasteiger partial charge on any atom is 0.230 e. The first-order valence-corrected chi connectivity index (χ1v) is 10.3. The van der Waals surface area contributed by atoms with Crippen molar-refractivity contribution in [1.29, 1.82) is 0 Å². The summed E-state index contributed by atoms with van der Waals surface area (Å²) in [6.45, 7) is 6.20. The Morgan fingerprint density at radius 1 is 1.30 bits per heavy atom. The molecule has 4 nitrogen and oxygen atoms in total. The molecule has 0 saturated carbocycles. The fourth-order valence-corrected chi connectivity index (χ4v) is 4.26. The van der Waals surface area contributed by atoms with E-state index in [1.807, 2.05) is 44.2 Å². The molecule has 0 aromatic heterocycles. The number of hydrogen-bond acceptors (Lipinski definition) is 4. The van der Waals surface area contributed by atoms with Gasteiger partial charge in [-0.05, 0) is 50.1 Å². The molecule has 1 atom stereocenters. The molecular weight excluding hydrogens is 358 g/mol. The van der Waals surface area contributed by atoms with E-state index in [9.17, 15) is 4.79 Å². The van der Waals surface area contributed by atoms with Crippen LogP contribution in [-0.2, 0) is 10.5 Å². The number of nitrogens with one attached hydrogen (secondary N) is 1. The Kier molecular flexibility index (Phi) is 6.00. The highest BCUT2D eigenvalue weighted by molar-refractivity contribution is 7.99. The highest BCUT2D eigenvalue weighted by Gasteiger charge is 2.34. The van der Waals surface area contributed by atoms with Crippen LogP contribution in [0.3, 0.4) is 0 Å². The third-order valence-electron chi connectivity index (χ3n) is 4.76. The van der Waals surface area contributed by atoms with E-state index in [0.29, 0.717) is 5.75 Å². The summed E-state index contributed by atoms with van der Waals surface area (Å²) in [5.41, 5.74) is 3.19. The number of rotatable bonds is 6. The van der Waals surface area contributed by atoms with Crippen LogP contribution in [-0.4, -0.2) is 24.4 Å². The molecule has 0 radical (unpaired) electrons. The van der Waals surface area contributed by atoms with Crippen molar-refractivity contribution in [1.82, 2.24) is 5.32 Å². The minimum atomic E-state index is -0.326. The van der Waals surface area contributed by atoms with Crippen molar-refractivity contribution in [3.63, 3.8) is 0 Å². The van der Waals surface area contributed by atoms with E-state index in [-0.39, 0.29) is 17.6 Å². The van der Waals surface area contributed by atoms with Gasteiger partial charge < -0.3 is 14.8 Å². The van der Waals surface area contributed by atoms with Gasteiger partial charge in [-0.3, -0.25) is 4.79 Å². The number of carbonyl (C=O) groups is 1. The lowest BCUT2D eigenvalue weighted by molar-refractivity contribution is -0.119. The molecule has 144 valence electrons. The van der Waals surface area contributed by atoms with Crippen LogP contribution >= 0.6 is 11.8 Å². The van der Waals surface area contributed by atoms with Crippen molar-refractivity contribution in [3.8, 4) is 11.5 Å². The molecule has 1 aliphatic rings. The molecule has 1 amide bonds. The average molecular weight is 386 g/mol. The zero-order valence-corrected chi connectivity index (χ0v) is 17.2. The van der Waals surface area contributed by atoms with Crippen LogP contribution in [0.25, 0.3) is 0 Å². The first-order valence-electron chi connectivity index (χ1n) is 9.16. The molecule has 0 unspecified atom stereocenters. The second-order valence-electron chi connectivity index (χ2n) is 7.51. The number of amides is 1. The highest BCUT2D eigenvalue weighted by atomic mass is 32.2. The SMILES string of the molecule is COc1ccc2c(c1)[C@H](NC(=O)CSCc1ccccc1C)CC(C)(C)O2. The molecular formula is C22H27NO3S. The Morgan fingerprint density at radius 2 is 2.07 bits per heavy atom. The summed E-state index contributed by atoms with van der Waals surface area (Å²) in [5.74, 6) is 2.90. The van der Waals surface area contributed by atoms with Crippen molar-refractivity contribution in [2.45, 2.75) is 44.6 Å². The van der Waals surface area contributed by atoms with E-state index in [2.05, 4.69) is 24.4 Å². The largest absolute Gasteiger partial charge is 0.497 e. The van der Waals surface area contributed by atoms with Gasteiger partial charge in [0.25, 0.3) is 0 Å². The van der Waals surface area contributed by atoms with Gasteiger partial charge in [-0.25, -0.2) is 0 Å². The van der Waals surface area contributed by atoms with Gasteiger partial charge in [0.1, 0.15) is 17.1 Å². The highest BCUT2D eigenvalue weighted by Crippen LogP contribution is 2.41. The molecule has 0 fully saturated rings. The predicted molar refractivity (Wildman–Crippen MR) is 111 cm³/mol. The second kappa shape index (κ2) is 8.26. The molecule has 5 heteroatoms. The topological polar surface area (TPSA) is 47.6 Å². The molecule has 1 aliphatic heterocycles. The second-order valence-corrected chi connectivity index (χ2v) is 8.49. The summed E-state index contributed by atoms with van der Waals surface area (Å²) in [6, 6.07) is 14.0. The summed E-state index contributed by atoms with van der Waals surface area (Å²) >= 11 is 1.64. The molecule has 27 heavy (non-hydrogen) atoms. The molecule has 0 spiro atoms. The number of aryl methyl sites for hydroxylation is 1. The van der Waals surface area contributed by atoms with Gasteiger partial charge in [0.05, 0.1) is 18.9 Å². The Hall–Kier alpha value is -2.14. The molecule has 2 aromatic carbocycles. The lowest BCUT2D eigenvalue weighted by Gasteiger charge is -2.38. The monoisotopic (exact) mass is 385 g/mol. The molecule has 0 aliphatic carbocycles. The van der Waals surface area contributed by atoms with E-state index in [1.165, 1.54) is 11.1 Å². The summed E-state index contributed by atoms with van der Waals surface area (Å²) in [7, 11) is 1.64. The lowest BCUT2D eigenvalue weighted by atomic mass is 9.89. The van der Waals surface area contributed by atoms with E-state index in [0.717, 1.165) is 29.2 Å². The lowest BCUT2D eigenvalue weighted by Crippen LogP contribution is -2.41. The number of methoxy groups -OCH3 is 1. The smallest absolute Gasteiger partial charge is 0.230 e. The number of fused-ring (bicyclic) bond motifs is 1. The van der Waals surface area contributed by atoms with Gasteiger partial charge in [0, 0.05) is 17.7 Å². The number of thioether (sulfide) groups is 1. The van der Waals surface area contributed by atoms with Crippen LogP contribution in [0.4, 0.5) is 0 Å². The van der Waals surface area contributed by atoms with Gasteiger partial charge >= 0.3 is 0 Å². The predicted octanol–water partition coefficient (Wildman–Crippen LogP) is 4.66. The summed E-state index contributed by atoms with van der Waals surface area (Å²) in [6.07, 6.45) is 0.724. The van der Waals surface area contributed by atoms with Crippen molar-refractivity contribution >= 4 is 17.7 Å². The maximum atomic E-state index is 12.6. The maximum absolute atomic E-state index is 12.6. The first-order chi connectivity index (χ1) is 12.9. The molecule has 3 rings (SSSR count). The third kappa shape index (κ3) is 4.98. The number of carbonyl (C=O) groups excluding carboxylic acids is 1. The standard InChI is InChI=1S/C22H27NO3S/c1-15-7-5-6-8-16(15)13-27-14-21(24)23-19-12-22(2,3)26-20-10-9-17(25-4)11-18(19)20/h5-11,19H,12-14H2,1-4H3,(H,23,24)/t19-/m1/s1. The van der Waals surface area contributed by atoms with Crippen molar-refractivity contribution in [3.05, 3.63) is 59.2 Å². The van der Waals surface area contributed by atoms with E-state index in [4.69, 9.17) is 9.47 Å². The van der Waals surface area contributed by atoms with Crippen LogP contribution < -0.4 is 14.8 Å². The van der Waals surface area contributed by atoms with Gasteiger partial charge in [-0.15, -0.1) is 11.8 Å². The van der Waals surface area contributed by atoms with Gasteiger partial charge in [0.15, 0.2) is 0 Å². The van der Waals surface area contributed by atoms with Gasteiger partial charge in [0.2, 0.25) is 5.91 Å². The summed E-state index contributed by atoms with van der Waals surface area (Å²) in [4.78, 5) is 12.6. The molecule has 2 aromatic rings. The van der Waals surface area contributed by atoms with E-state index >= 15 is 0 Å². The summed E-state index contributed by atoms with van der Waals surface area (Å²) in [5, 5.41) is 3.19. The number of hydrogen-bond donors (Lipinski definition) is 1. The number of ether oxygens (including phenoxy) is 2. The van der Waals surface area contributed by atoms with Crippen molar-refractivity contribution in [2.24, 2.45) is 0 Å². The zero-order valence-electron chi connectivity index (χ0n) is 16.4. The molecule has 0 bridgehead atoms. The zero-order chi connectivity index (χ0) is 19.4. The first kappa shape index (κ1) is 19.6. The van der Waals surface area contributed by atoms with Crippen LogP contribution in [0.1, 0.15) is 43.0 Å². The van der Waals surface area contributed by atoms with Crippen molar-refractivity contribution < 1.29 is 14.3 Å². The Bertz CT molecular complexity index is 819. The van der Waals surface area contributed by atoms with Crippen LogP contribution in [0, 0.1) is 6.92 Å². The molecule has 1 N–H and O–H groups in total. The van der Waals surface area contributed by atoms with E-state index in [1.54, 1.807) is 18.9 Å². The Labute approximate surface area is 165 Å². The van der Waals surface area contributed by atoms with Crippen molar-refractivity contribution in [2.75, 3.05) is 12.9 Å². The van der Waals surface area contributed by atoms with Crippen LogP contribution in [0.15, 0.2) is 42.5 Å². The minimum Gasteiger partial charge on any atom is -0.497 e. The fourth-order valence-electron chi connectivity index (χ4n) is 3.35. The Morgan fingerprint density at radius 3 is 2.81 bits per heavy atom. The van der Waals surface area contributed by atoms with Gasteiger partial charge in [-0.2, -0.15) is 0 Å². The quantitative estimate of drug-likeness (QED) is 0.786. The van der Waals surface area contributed by atoms with E-state index < -0.39 is 0 Å². The average Bonchev–Trinajstić information content (AvgIpc) is 2.62. The third-order valence-corrected chi connectivity index (χ3v) is 5.74. The van der Waals surface area contributed by atoms with Crippen LogP contribution in [0.2, 0.25) is 0 Å². The minimum absolute atomic E-state index is 0.0463. The molecule has 1 heterocycles. The summed E-state index contributed by atoms with van der Waals surface area (Å²) < 4.78 is 11.4. The Balaban J connectivity index is 1.64. The fraction of sp³-hybridized carbons (Fsp3) is 0.409. The number of benzene rings is 2. The normalized spacial score (nSPS) is 17.6. The molecule has 0 saturated heterocycles. The van der Waals surface area contributed by atoms with Gasteiger partial charge in [-0.1, -0.05) is 24.3 Å². The van der Waals surface area contributed by atoms with Crippen LogP contribution in [0.5, 0.6) is 11.5 Å².